The molecule has 128 valence electrons. The van der Waals surface area contributed by atoms with Crippen molar-refractivity contribution in [3.05, 3.63) is 35.0 Å². The van der Waals surface area contributed by atoms with Crippen LogP contribution in [-0.2, 0) is 11.2 Å². The Labute approximate surface area is 143 Å². The molecule has 8 nitrogen and oxygen atoms in total. The fraction of sp³-hybridized carbons (Fsp3) is 0.467. The van der Waals surface area contributed by atoms with Crippen LogP contribution in [0.5, 0.6) is 0 Å². The summed E-state index contributed by atoms with van der Waals surface area (Å²) in [7, 11) is 3.92. The number of nitrogens with zero attached hydrogens (tertiary/aromatic N) is 5. The number of amides is 1. The Bertz CT molecular complexity index is 807. The number of fused-ring (bicyclic) bond motifs is 1. The van der Waals surface area contributed by atoms with E-state index < -0.39 is 0 Å². The number of carbonyl (C=O) groups excluding carboxylic acids is 1. The first kappa shape index (κ1) is 16.6. The molecule has 1 N–H and O–H groups in total. The van der Waals surface area contributed by atoms with E-state index in [1.165, 1.54) is 11.3 Å². The van der Waals surface area contributed by atoms with Gasteiger partial charge in [0.1, 0.15) is 10.8 Å². The van der Waals surface area contributed by atoms with Gasteiger partial charge in [-0.2, -0.15) is 9.61 Å². The average molecular weight is 348 g/mol. The van der Waals surface area contributed by atoms with E-state index in [2.05, 4.69) is 20.6 Å². The van der Waals surface area contributed by atoms with Gasteiger partial charge >= 0.3 is 0 Å². The highest BCUT2D eigenvalue weighted by molar-refractivity contribution is 7.16. The molecule has 1 unspecified atom stereocenters. The standard InChI is InChI=1S/C15H20N6O2S/c1-10-17-18-15-21(10)19-14(24-15)7-6-13(22)16-9-11(20(2)3)12-5-4-8-23-12/h4-5,8,11H,6-7,9H2,1-3H3,(H,16,22). The predicted molar refractivity (Wildman–Crippen MR) is 89.9 cm³/mol. The lowest BCUT2D eigenvalue weighted by Crippen LogP contribution is -2.34. The number of rotatable bonds is 7. The van der Waals surface area contributed by atoms with Gasteiger partial charge in [-0.15, -0.1) is 10.2 Å². The average Bonchev–Trinajstić information content (AvgIpc) is 3.25. The first-order valence-corrected chi connectivity index (χ1v) is 8.50. The number of likely N-dealkylation sites (N-methyl/N-ethyl adjacent to an activating group) is 1. The molecule has 0 spiro atoms. The van der Waals surface area contributed by atoms with Crippen LogP contribution in [0.25, 0.3) is 4.96 Å². The Kier molecular flexibility index (Phi) is 4.91. The second-order valence-corrected chi connectivity index (χ2v) is 6.78. The van der Waals surface area contributed by atoms with Crippen LogP contribution in [0.1, 0.15) is 29.1 Å². The van der Waals surface area contributed by atoms with E-state index in [0.29, 0.717) is 19.4 Å². The van der Waals surface area contributed by atoms with Crippen molar-refractivity contribution >= 4 is 22.2 Å². The van der Waals surface area contributed by atoms with Crippen molar-refractivity contribution in [3.8, 4) is 0 Å². The van der Waals surface area contributed by atoms with Crippen molar-refractivity contribution < 1.29 is 9.21 Å². The first-order chi connectivity index (χ1) is 11.5. The van der Waals surface area contributed by atoms with Crippen molar-refractivity contribution in [1.29, 1.82) is 0 Å². The highest BCUT2D eigenvalue weighted by Gasteiger charge is 2.18. The lowest BCUT2D eigenvalue weighted by molar-refractivity contribution is -0.121. The van der Waals surface area contributed by atoms with Gasteiger partial charge in [-0.25, -0.2) is 0 Å². The van der Waals surface area contributed by atoms with Crippen molar-refractivity contribution in [2.24, 2.45) is 0 Å². The molecule has 0 aliphatic carbocycles. The number of aryl methyl sites for hydroxylation is 2. The topological polar surface area (TPSA) is 88.6 Å². The van der Waals surface area contributed by atoms with Gasteiger partial charge in [-0.05, 0) is 33.2 Å². The van der Waals surface area contributed by atoms with Crippen LogP contribution in [0, 0.1) is 6.92 Å². The summed E-state index contributed by atoms with van der Waals surface area (Å²) in [6.45, 7) is 2.36. The fourth-order valence-electron chi connectivity index (χ4n) is 2.39. The highest BCUT2D eigenvalue weighted by Crippen LogP contribution is 2.18. The zero-order chi connectivity index (χ0) is 17.1. The summed E-state index contributed by atoms with van der Waals surface area (Å²) in [6.07, 6.45) is 2.62. The number of aromatic nitrogens is 4. The van der Waals surface area contributed by atoms with Gasteiger partial charge < -0.3 is 9.73 Å². The Balaban J connectivity index is 1.51. The summed E-state index contributed by atoms with van der Waals surface area (Å²) in [4.78, 5) is 14.9. The Hall–Kier alpha value is -2.26. The van der Waals surface area contributed by atoms with Crippen LogP contribution in [0.15, 0.2) is 22.8 Å². The number of nitrogens with one attached hydrogen (secondary N) is 1. The third kappa shape index (κ3) is 3.62. The minimum Gasteiger partial charge on any atom is -0.468 e. The molecule has 1 atom stereocenters. The molecule has 1 amide bonds. The van der Waals surface area contributed by atoms with Crippen LogP contribution in [0.4, 0.5) is 0 Å². The van der Waals surface area contributed by atoms with Gasteiger partial charge in [0.15, 0.2) is 5.82 Å². The van der Waals surface area contributed by atoms with E-state index in [4.69, 9.17) is 4.42 Å². The van der Waals surface area contributed by atoms with Gasteiger partial charge in [-0.3, -0.25) is 9.69 Å². The number of hydrogen-bond acceptors (Lipinski definition) is 7. The molecule has 3 aromatic heterocycles. The second kappa shape index (κ2) is 7.10. The molecule has 9 heteroatoms. The van der Waals surface area contributed by atoms with E-state index >= 15 is 0 Å². The van der Waals surface area contributed by atoms with Crippen molar-refractivity contribution in [3.63, 3.8) is 0 Å². The SMILES string of the molecule is Cc1nnc2sc(CCC(=O)NCC(c3ccco3)N(C)C)nn12. The minimum atomic E-state index is -0.00362. The lowest BCUT2D eigenvalue weighted by Gasteiger charge is -2.22. The van der Waals surface area contributed by atoms with Crippen LogP contribution in [-0.4, -0.2) is 51.3 Å². The van der Waals surface area contributed by atoms with E-state index in [9.17, 15) is 4.79 Å². The van der Waals surface area contributed by atoms with Gasteiger partial charge in [0, 0.05) is 19.4 Å². The molecule has 3 aromatic rings. The smallest absolute Gasteiger partial charge is 0.234 e. The maximum atomic E-state index is 12.1. The molecule has 0 bridgehead atoms. The van der Waals surface area contributed by atoms with Crippen molar-refractivity contribution in [2.45, 2.75) is 25.8 Å². The third-order valence-corrected chi connectivity index (χ3v) is 4.70. The zero-order valence-corrected chi connectivity index (χ0v) is 14.7. The molecule has 0 aliphatic rings. The summed E-state index contributed by atoms with van der Waals surface area (Å²) in [6, 6.07) is 3.78. The number of furan rings is 1. The van der Waals surface area contributed by atoms with Crippen molar-refractivity contribution in [2.75, 3.05) is 20.6 Å². The largest absolute Gasteiger partial charge is 0.468 e. The summed E-state index contributed by atoms with van der Waals surface area (Å²) >= 11 is 1.46. The number of hydrogen-bond donors (Lipinski definition) is 1. The summed E-state index contributed by atoms with van der Waals surface area (Å²) in [5.41, 5.74) is 0. The van der Waals surface area contributed by atoms with Crippen LogP contribution in [0.3, 0.4) is 0 Å². The van der Waals surface area contributed by atoms with E-state index in [1.807, 2.05) is 38.1 Å². The van der Waals surface area contributed by atoms with Gasteiger partial charge in [0.05, 0.1) is 12.3 Å². The zero-order valence-electron chi connectivity index (χ0n) is 13.9. The van der Waals surface area contributed by atoms with Crippen LogP contribution in [0.2, 0.25) is 0 Å². The van der Waals surface area contributed by atoms with Gasteiger partial charge in [0.25, 0.3) is 0 Å². The maximum Gasteiger partial charge on any atom is 0.234 e. The van der Waals surface area contributed by atoms with Gasteiger partial charge in [0.2, 0.25) is 10.9 Å². The predicted octanol–water partition coefficient (Wildman–Crippen LogP) is 1.44. The summed E-state index contributed by atoms with van der Waals surface area (Å²) in [5, 5.41) is 16.2. The Morgan fingerprint density at radius 2 is 2.29 bits per heavy atom. The monoisotopic (exact) mass is 348 g/mol. The quantitative estimate of drug-likeness (QED) is 0.695. The minimum absolute atomic E-state index is 0.00362. The van der Waals surface area contributed by atoms with Crippen LogP contribution >= 0.6 is 11.3 Å². The molecule has 0 aliphatic heterocycles. The molecule has 3 rings (SSSR count). The Morgan fingerprint density at radius 1 is 1.46 bits per heavy atom. The van der Waals surface area contributed by atoms with Crippen LogP contribution < -0.4 is 5.32 Å². The number of carbonyl (C=O) groups is 1. The van der Waals surface area contributed by atoms with Crippen molar-refractivity contribution in [1.82, 2.24) is 30.0 Å². The molecule has 0 radical (unpaired) electrons. The normalized spacial score (nSPS) is 12.8. The van der Waals surface area contributed by atoms with Gasteiger partial charge in [-0.1, -0.05) is 11.3 Å². The molecule has 0 saturated heterocycles. The third-order valence-electron chi connectivity index (χ3n) is 3.74. The first-order valence-electron chi connectivity index (χ1n) is 7.69. The molecule has 3 heterocycles. The summed E-state index contributed by atoms with van der Waals surface area (Å²) < 4.78 is 7.14. The Morgan fingerprint density at radius 3 is 2.96 bits per heavy atom. The second-order valence-electron chi connectivity index (χ2n) is 5.74. The maximum absolute atomic E-state index is 12.1. The molecular formula is C15H20N6O2S. The van der Waals surface area contributed by atoms with E-state index in [0.717, 1.165) is 21.6 Å². The molecule has 0 aromatic carbocycles. The fourth-order valence-corrected chi connectivity index (χ4v) is 3.27. The molecule has 24 heavy (non-hydrogen) atoms. The van der Waals surface area contributed by atoms with E-state index in [-0.39, 0.29) is 11.9 Å². The van der Waals surface area contributed by atoms with E-state index in [1.54, 1.807) is 10.8 Å². The highest BCUT2D eigenvalue weighted by atomic mass is 32.1. The molecule has 0 saturated carbocycles. The summed E-state index contributed by atoms with van der Waals surface area (Å²) in [5.74, 6) is 1.59. The molecular weight excluding hydrogens is 328 g/mol. The lowest BCUT2D eigenvalue weighted by atomic mass is 10.2. The molecule has 0 fully saturated rings.